The van der Waals surface area contributed by atoms with Crippen LogP contribution in [0.25, 0.3) is 0 Å². The van der Waals surface area contributed by atoms with Crippen molar-refractivity contribution in [3.05, 3.63) is 23.8 Å². The van der Waals surface area contributed by atoms with Gasteiger partial charge in [-0.25, -0.2) is 13.1 Å². The second kappa shape index (κ2) is 5.71. The fourth-order valence-electron chi connectivity index (χ4n) is 1.70. The van der Waals surface area contributed by atoms with E-state index in [2.05, 4.69) is 4.72 Å². The van der Waals surface area contributed by atoms with Gasteiger partial charge in [0.25, 0.3) is 0 Å². The molecule has 4 nitrogen and oxygen atoms in total. The van der Waals surface area contributed by atoms with Crippen LogP contribution in [0.4, 0.5) is 5.69 Å². The number of nitrogens with two attached hydrogens (primary N) is 1. The number of hydrogen-bond acceptors (Lipinski definition) is 3. The summed E-state index contributed by atoms with van der Waals surface area (Å²) in [6, 6.07) is 4.84. The quantitative estimate of drug-likeness (QED) is 0.806. The van der Waals surface area contributed by atoms with E-state index < -0.39 is 10.0 Å². The van der Waals surface area contributed by atoms with Gasteiger partial charge in [-0.1, -0.05) is 26.3 Å². The molecule has 0 bridgehead atoms. The normalized spacial score (nSPS) is 15.3. The standard InChI is InChI=1S/C13H22N2O2S/c1-5-9(2)11(4)15-18(16,17)13-8-6-7-12(14)10(13)3/h6-9,11,15H,5,14H2,1-4H3. The van der Waals surface area contributed by atoms with Crippen LogP contribution in [0.2, 0.25) is 0 Å². The summed E-state index contributed by atoms with van der Waals surface area (Å²) >= 11 is 0. The van der Waals surface area contributed by atoms with Crippen LogP contribution in [0, 0.1) is 12.8 Å². The SMILES string of the molecule is CCC(C)C(C)NS(=O)(=O)c1cccc(N)c1C. The van der Waals surface area contributed by atoms with Crippen molar-refractivity contribution < 1.29 is 8.42 Å². The van der Waals surface area contributed by atoms with E-state index in [9.17, 15) is 8.42 Å². The number of sulfonamides is 1. The third-order valence-electron chi connectivity index (χ3n) is 3.45. The Labute approximate surface area is 110 Å². The molecule has 1 aromatic carbocycles. The molecule has 0 aliphatic rings. The number of nitrogens with one attached hydrogen (secondary N) is 1. The Bertz CT molecular complexity index is 512. The molecule has 0 amide bonds. The zero-order valence-corrected chi connectivity index (χ0v) is 12.2. The van der Waals surface area contributed by atoms with E-state index >= 15 is 0 Å². The van der Waals surface area contributed by atoms with Crippen molar-refractivity contribution in [2.24, 2.45) is 5.92 Å². The highest BCUT2D eigenvalue weighted by Crippen LogP contribution is 2.21. The van der Waals surface area contributed by atoms with Gasteiger partial charge in [-0.05, 0) is 37.5 Å². The summed E-state index contributed by atoms with van der Waals surface area (Å²) in [5, 5.41) is 0. The van der Waals surface area contributed by atoms with Crippen molar-refractivity contribution in [3.63, 3.8) is 0 Å². The molecular formula is C13H22N2O2S. The zero-order chi connectivity index (χ0) is 13.9. The third kappa shape index (κ3) is 3.23. The van der Waals surface area contributed by atoms with Crippen LogP contribution in [-0.2, 0) is 10.0 Å². The second-order valence-electron chi connectivity index (χ2n) is 4.77. The van der Waals surface area contributed by atoms with Gasteiger partial charge in [0.2, 0.25) is 10.0 Å². The van der Waals surface area contributed by atoms with E-state index in [4.69, 9.17) is 5.73 Å². The predicted molar refractivity (Wildman–Crippen MR) is 74.8 cm³/mol. The second-order valence-corrected chi connectivity index (χ2v) is 6.45. The highest BCUT2D eigenvalue weighted by Gasteiger charge is 2.22. The van der Waals surface area contributed by atoms with Crippen LogP contribution in [0.15, 0.2) is 23.1 Å². The minimum atomic E-state index is -3.50. The average molecular weight is 270 g/mol. The number of hydrogen-bond donors (Lipinski definition) is 2. The van der Waals surface area contributed by atoms with Crippen LogP contribution in [-0.4, -0.2) is 14.5 Å². The van der Waals surface area contributed by atoms with E-state index in [0.717, 1.165) is 6.42 Å². The van der Waals surface area contributed by atoms with Gasteiger partial charge in [0.1, 0.15) is 0 Å². The highest BCUT2D eigenvalue weighted by atomic mass is 32.2. The molecule has 1 rings (SSSR count). The first-order chi connectivity index (χ1) is 8.29. The highest BCUT2D eigenvalue weighted by molar-refractivity contribution is 7.89. The summed E-state index contributed by atoms with van der Waals surface area (Å²) in [5.74, 6) is 0.293. The van der Waals surface area contributed by atoms with Gasteiger partial charge in [-0.2, -0.15) is 0 Å². The van der Waals surface area contributed by atoms with Crippen LogP contribution < -0.4 is 10.5 Å². The van der Waals surface area contributed by atoms with Crippen LogP contribution in [0.3, 0.4) is 0 Å². The number of benzene rings is 1. The first-order valence-corrected chi connectivity index (χ1v) is 7.65. The number of anilines is 1. The first kappa shape index (κ1) is 15.0. The van der Waals surface area contributed by atoms with E-state index in [1.54, 1.807) is 25.1 Å². The van der Waals surface area contributed by atoms with Crippen LogP contribution >= 0.6 is 0 Å². The minimum absolute atomic E-state index is 0.0965. The van der Waals surface area contributed by atoms with Crippen molar-refractivity contribution in [1.29, 1.82) is 0 Å². The summed E-state index contributed by atoms with van der Waals surface area (Å²) < 4.78 is 27.2. The Balaban J connectivity index is 3.04. The Kier molecular flexibility index (Phi) is 4.76. The van der Waals surface area contributed by atoms with Crippen molar-refractivity contribution >= 4 is 15.7 Å². The monoisotopic (exact) mass is 270 g/mol. The van der Waals surface area contributed by atoms with Crippen LogP contribution in [0.1, 0.15) is 32.8 Å². The lowest BCUT2D eigenvalue weighted by Crippen LogP contribution is -2.37. The molecule has 0 spiro atoms. The smallest absolute Gasteiger partial charge is 0.241 e. The molecule has 0 fully saturated rings. The van der Waals surface area contributed by atoms with Crippen molar-refractivity contribution in [3.8, 4) is 0 Å². The Morgan fingerprint density at radius 3 is 2.50 bits per heavy atom. The molecule has 2 atom stereocenters. The van der Waals surface area contributed by atoms with Gasteiger partial charge in [-0.15, -0.1) is 0 Å². The number of nitrogen functional groups attached to an aromatic ring is 1. The summed E-state index contributed by atoms with van der Waals surface area (Å²) in [6.45, 7) is 7.67. The van der Waals surface area contributed by atoms with Crippen molar-refractivity contribution in [2.75, 3.05) is 5.73 Å². The first-order valence-electron chi connectivity index (χ1n) is 6.17. The van der Waals surface area contributed by atoms with Crippen molar-refractivity contribution in [2.45, 2.75) is 45.1 Å². The summed E-state index contributed by atoms with van der Waals surface area (Å²) in [6.07, 6.45) is 0.930. The summed E-state index contributed by atoms with van der Waals surface area (Å²) in [5.41, 5.74) is 6.83. The summed E-state index contributed by atoms with van der Waals surface area (Å²) in [4.78, 5) is 0.262. The van der Waals surface area contributed by atoms with E-state index in [1.807, 2.05) is 20.8 Å². The van der Waals surface area contributed by atoms with E-state index in [1.165, 1.54) is 0 Å². The fourth-order valence-corrected chi connectivity index (χ4v) is 3.33. The molecule has 1 aromatic rings. The average Bonchev–Trinajstić information content (AvgIpc) is 2.30. The third-order valence-corrected chi connectivity index (χ3v) is 5.16. The maximum Gasteiger partial charge on any atom is 0.241 e. The van der Waals surface area contributed by atoms with E-state index in [0.29, 0.717) is 17.2 Å². The lowest BCUT2D eigenvalue weighted by molar-refractivity contribution is 0.434. The lowest BCUT2D eigenvalue weighted by atomic mass is 10.0. The zero-order valence-electron chi connectivity index (χ0n) is 11.4. The Hall–Kier alpha value is -1.07. The molecule has 5 heteroatoms. The molecule has 0 radical (unpaired) electrons. The molecule has 0 aliphatic heterocycles. The Morgan fingerprint density at radius 2 is 1.94 bits per heavy atom. The van der Waals surface area contributed by atoms with Gasteiger partial charge in [0.05, 0.1) is 4.90 Å². The molecule has 3 N–H and O–H groups in total. The number of rotatable bonds is 5. The Morgan fingerprint density at radius 1 is 1.33 bits per heavy atom. The van der Waals surface area contributed by atoms with Gasteiger partial charge < -0.3 is 5.73 Å². The van der Waals surface area contributed by atoms with Crippen LogP contribution in [0.5, 0.6) is 0 Å². The topological polar surface area (TPSA) is 72.2 Å². The summed E-state index contributed by atoms with van der Waals surface area (Å²) in [7, 11) is -3.50. The molecule has 0 saturated carbocycles. The molecule has 2 unspecified atom stereocenters. The van der Waals surface area contributed by atoms with E-state index in [-0.39, 0.29) is 10.9 Å². The maximum absolute atomic E-state index is 12.3. The minimum Gasteiger partial charge on any atom is -0.398 e. The largest absolute Gasteiger partial charge is 0.398 e. The molecule has 102 valence electrons. The molecule has 0 saturated heterocycles. The molecule has 0 heterocycles. The molecule has 0 aromatic heterocycles. The predicted octanol–water partition coefficient (Wildman–Crippen LogP) is 2.29. The molecule has 0 aliphatic carbocycles. The van der Waals surface area contributed by atoms with Crippen molar-refractivity contribution in [1.82, 2.24) is 4.72 Å². The maximum atomic E-state index is 12.3. The lowest BCUT2D eigenvalue weighted by Gasteiger charge is -2.20. The fraction of sp³-hybridized carbons (Fsp3) is 0.538. The molecular weight excluding hydrogens is 248 g/mol. The van der Waals surface area contributed by atoms with Gasteiger partial charge in [0, 0.05) is 11.7 Å². The van der Waals surface area contributed by atoms with Gasteiger partial charge >= 0.3 is 0 Å². The van der Waals surface area contributed by atoms with Gasteiger partial charge in [0.15, 0.2) is 0 Å². The van der Waals surface area contributed by atoms with Gasteiger partial charge in [-0.3, -0.25) is 0 Å². The molecule has 18 heavy (non-hydrogen) atoms.